The van der Waals surface area contributed by atoms with Gasteiger partial charge in [-0.1, -0.05) is 60.1 Å². The summed E-state index contributed by atoms with van der Waals surface area (Å²) in [5, 5.41) is 20.0. The van der Waals surface area contributed by atoms with Crippen molar-refractivity contribution in [2.45, 2.75) is 84.7 Å². The van der Waals surface area contributed by atoms with Gasteiger partial charge in [0.15, 0.2) is 5.78 Å². The maximum absolute atomic E-state index is 13.7. The van der Waals surface area contributed by atoms with E-state index < -0.39 is 0 Å². The van der Waals surface area contributed by atoms with Crippen molar-refractivity contribution in [3.05, 3.63) is 58.7 Å². The average molecular weight is 572 g/mol. The van der Waals surface area contributed by atoms with Gasteiger partial charge in [0.2, 0.25) is 5.62 Å². The minimum atomic E-state index is -0.307. The van der Waals surface area contributed by atoms with Crippen LogP contribution in [0.5, 0.6) is 5.75 Å². The fraction of sp³-hybridized carbons (Fsp3) is 0.533. The molecule has 3 aromatic rings. The number of rotatable bonds is 6. The number of nitrogens with one attached hydrogen (secondary N) is 1. The number of piperidine rings is 1. The first-order valence-corrected chi connectivity index (χ1v) is 13.2. The topological polar surface area (TPSA) is 74.2 Å². The molecular formula is C30H43BrN4O2. The maximum atomic E-state index is 13.7. The third-order valence-corrected chi connectivity index (χ3v) is 7.41. The molecule has 1 aromatic heterocycles. The van der Waals surface area contributed by atoms with E-state index in [0.29, 0.717) is 11.2 Å². The number of fused-ring (bicyclic) bond motifs is 1. The Morgan fingerprint density at radius 1 is 0.865 bits per heavy atom. The first-order chi connectivity index (χ1) is 16.9. The number of hydrogen-bond acceptors (Lipinski definition) is 4. The Labute approximate surface area is 231 Å². The molecule has 202 valence electrons. The van der Waals surface area contributed by atoms with Gasteiger partial charge in [-0.05, 0) is 61.0 Å². The van der Waals surface area contributed by atoms with Crippen LogP contribution in [0.15, 0.2) is 36.4 Å². The Hall–Kier alpha value is -2.38. The normalized spacial score (nSPS) is 15.1. The zero-order valence-corrected chi connectivity index (χ0v) is 24.9. The van der Waals surface area contributed by atoms with E-state index in [-0.39, 0.29) is 45.9 Å². The summed E-state index contributed by atoms with van der Waals surface area (Å²) in [6, 6.07) is 11.7. The number of hydrogen-bond donors (Lipinski definition) is 2. The lowest BCUT2D eigenvalue weighted by molar-refractivity contribution is 0.0971. The number of likely N-dealkylation sites (tertiary alicyclic amines) is 1. The van der Waals surface area contributed by atoms with Crippen LogP contribution in [-0.2, 0) is 23.9 Å². The maximum Gasteiger partial charge on any atom is 0.203 e. The summed E-state index contributed by atoms with van der Waals surface area (Å²) < 4.78 is 3.86. The van der Waals surface area contributed by atoms with Crippen molar-refractivity contribution in [3.8, 4) is 5.75 Å². The van der Waals surface area contributed by atoms with Crippen LogP contribution in [0.4, 0.5) is 0 Å². The molecule has 0 saturated carbocycles. The van der Waals surface area contributed by atoms with Crippen LogP contribution in [-0.4, -0.2) is 44.6 Å². The number of Topliss-reactive ketones (excluding diaryl/α,β-unsaturated/α-hetero) is 1. The molecule has 0 bridgehead atoms. The lowest BCUT2D eigenvalue weighted by Crippen LogP contribution is -2.35. The molecule has 1 aliphatic rings. The molecule has 0 amide bonds. The Bertz CT molecular complexity index is 1280. The van der Waals surface area contributed by atoms with E-state index in [1.54, 1.807) is 0 Å². The number of aromatic nitrogens is 2. The molecular weight excluding hydrogens is 528 g/mol. The average Bonchev–Trinajstić information content (AvgIpc) is 3.07. The second-order valence-corrected chi connectivity index (χ2v) is 12.3. The second kappa shape index (κ2) is 11.2. The van der Waals surface area contributed by atoms with Crippen molar-refractivity contribution in [2.75, 3.05) is 19.6 Å². The number of carbonyl (C=O) groups excluding carboxylic acids is 1. The number of benzene rings is 2. The summed E-state index contributed by atoms with van der Waals surface area (Å²) in [6.45, 7) is 16.3. The van der Waals surface area contributed by atoms with Crippen LogP contribution < -0.4 is 5.62 Å². The van der Waals surface area contributed by atoms with E-state index in [9.17, 15) is 9.90 Å². The molecule has 0 aliphatic carbocycles. The predicted molar refractivity (Wildman–Crippen MR) is 156 cm³/mol. The molecule has 4 rings (SSSR count). The fourth-order valence-electron chi connectivity index (χ4n) is 5.28. The number of phenolic OH excluding ortho intramolecular Hbond substituents is 1. The van der Waals surface area contributed by atoms with Crippen LogP contribution in [0, 0.1) is 5.41 Å². The van der Waals surface area contributed by atoms with Gasteiger partial charge in [0.25, 0.3) is 0 Å². The highest BCUT2D eigenvalue weighted by Gasteiger charge is 2.28. The monoisotopic (exact) mass is 570 g/mol. The van der Waals surface area contributed by atoms with Gasteiger partial charge < -0.3 is 19.1 Å². The molecule has 37 heavy (non-hydrogen) atoms. The van der Waals surface area contributed by atoms with Crippen molar-refractivity contribution in [3.63, 3.8) is 0 Å². The van der Waals surface area contributed by atoms with E-state index in [1.807, 2.05) is 45.5 Å². The molecule has 2 heterocycles. The smallest absolute Gasteiger partial charge is 0.203 e. The minimum Gasteiger partial charge on any atom is -0.507 e. The van der Waals surface area contributed by atoms with E-state index in [2.05, 4.69) is 46.4 Å². The van der Waals surface area contributed by atoms with Gasteiger partial charge in [-0.3, -0.25) is 10.2 Å². The summed E-state index contributed by atoms with van der Waals surface area (Å²) >= 11 is 0. The van der Waals surface area contributed by atoms with Crippen molar-refractivity contribution < 1.29 is 9.90 Å². The van der Waals surface area contributed by atoms with E-state index in [1.165, 1.54) is 19.3 Å². The van der Waals surface area contributed by atoms with Gasteiger partial charge >= 0.3 is 0 Å². The fourth-order valence-corrected chi connectivity index (χ4v) is 5.28. The number of para-hydroxylation sites is 2. The third-order valence-electron chi connectivity index (χ3n) is 7.41. The summed E-state index contributed by atoms with van der Waals surface area (Å²) in [7, 11) is 0. The molecule has 2 N–H and O–H groups in total. The van der Waals surface area contributed by atoms with Crippen LogP contribution in [0.2, 0.25) is 0 Å². The molecule has 1 aliphatic heterocycles. The summed E-state index contributed by atoms with van der Waals surface area (Å²) in [6.07, 6.45) is 3.79. The van der Waals surface area contributed by atoms with E-state index >= 15 is 0 Å². The van der Waals surface area contributed by atoms with Gasteiger partial charge in [-0.2, -0.15) is 0 Å². The molecule has 1 saturated heterocycles. The van der Waals surface area contributed by atoms with Crippen molar-refractivity contribution in [2.24, 2.45) is 0 Å². The van der Waals surface area contributed by atoms with Crippen molar-refractivity contribution >= 4 is 33.8 Å². The third kappa shape index (κ3) is 6.20. The second-order valence-electron chi connectivity index (χ2n) is 12.3. The van der Waals surface area contributed by atoms with E-state index in [0.717, 1.165) is 48.3 Å². The molecule has 0 atom stereocenters. The summed E-state index contributed by atoms with van der Waals surface area (Å²) in [5.74, 6) is 0.220. The van der Waals surface area contributed by atoms with Gasteiger partial charge in [0.05, 0.1) is 17.6 Å². The number of imidazole rings is 1. The Kier molecular flexibility index (Phi) is 8.80. The summed E-state index contributed by atoms with van der Waals surface area (Å²) in [4.78, 5) is 16.2. The Morgan fingerprint density at radius 3 is 1.89 bits per heavy atom. The molecule has 0 spiro atoms. The largest absolute Gasteiger partial charge is 0.507 e. The number of ketones is 1. The van der Waals surface area contributed by atoms with Gasteiger partial charge in [-0.15, -0.1) is 17.0 Å². The van der Waals surface area contributed by atoms with Crippen molar-refractivity contribution in [1.82, 2.24) is 14.0 Å². The van der Waals surface area contributed by atoms with Gasteiger partial charge in [-0.25, -0.2) is 0 Å². The molecule has 7 heteroatoms. The first kappa shape index (κ1) is 29.2. The molecule has 0 radical (unpaired) electrons. The highest BCUT2D eigenvalue weighted by Crippen LogP contribution is 2.40. The van der Waals surface area contributed by atoms with Crippen LogP contribution in [0.25, 0.3) is 11.0 Å². The van der Waals surface area contributed by atoms with Gasteiger partial charge in [0.1, 0.15) is 5.75 Å². The highest BCUT2D eigenvalue weighted by molar-refractivity contribution is 8.93. The number of nitrogens with zero attached hydrogens (tertiary/aromatic N) is 3. The number of halogens is 1. The zero-order chi connectivity index (χ0) is 26.3. The van der Waals surface area contributed by atoms with Crippen LogP contribution >= 0.6 is 17.0 Å². The Morgan fingerprint density at radius 2 is 1.38 bits per heavy atom. The lowest BCUT2D eigenvalue weighted by atomic mass is 9.78. The molecule has 0 unspecified atom stereocenters. The number of aromatic hydroxyl groups is 1. The highest BCUT2D eigenvalue weighted by atomic mass is 79.9. The Balaban J connectivity index is 0.00000380. The van der Waals surface area contributed by atoms with Gasteiger partial charge in [0, 0.05) is 29.8 Å². The van der Waals surface area contributed by atoms with Crippen LogP contribution in [0.1, 0.15) is 82.3 Å². The standard InChI is InChI=1S/C30H42N4O2.BrH/c1-29(2,3)22-18-21(19-23(27(22)36)30(4,5)6)26(35)20-34-25-13-9-8-12-24(25)33(28(34)31)17-16-32-14-10-7-11-15-32;/h8-9,12-13,18-19,31,36H,7,10-11,14-17,20H2,1-6H3;1H. The summed E-state index contributed by atoms with van der Waals surface area (Å²) in [5.41, 5.74) is 3.77. The predicted octanol–water partition coefficient (Wildman–Crippen LogP) is 6.17. The molecule has 6 nitrogen and oxygen atoms in total. The van der Waals surface area contributed by atoms with Crippen molar-refractivity contribution in [1.29, 1.82) is 5.41 Å². The zero-order valence-electron chi connectivity index (χ0n) is 23.2. The lowest BCUT2D eigenvalue weighted by Gasteiger charge is -2.28. The first-order valence-electron chi connectivity index (χ1n) is 13.2. The molecule has 2 aromatic carbocycles. The SMILES string of the molecule is Br.CC(C)(C)c1cc(C(=O)Cn2c(=N)n(CCN3CCCCC3)c3ccccc32)cc(C(C)(C)C)c1O. The van der Waals surface area contributed by atoms with E-state index in [4.69, 9.17) is 5.41 Å². The minimum absolute atomic E-state index is 0. The van der Waals surface area contributed by atoms with Crippen LogP contribution in [0.3, 0.4) is 0 Å². The number of carbonyl (C=O) groups is 1. The molecule has 1 fully saturated rings. The quantitative estimate of drug-likeness (QED) is 0.348. The number of phenols is 1.